The molecule has 54 valence electrons. The van der Waals surface area contributed by atoms with Gasteiger partial charge in [-0.05, 0) is 38.3 Å². The van der Waals surface area contributed by atoms with Gasteiger partial charge in [0.15, 0.2) is 0 Å². The Morgan fingerprint density at radius 2 is 2.00 bits per heavy atom. The molecule has 0 spiro atoms. The second kappa shape index (κ2) is 5.68. The second-order valence-electron chi connectivity index (χ2n) is 2.14. The van der Waals surface area contributed by atoms with Crippen molar-refractivity contribution in [1.29, 1.82) is 0 Å². The van der Waals surface area contributed by atoms with E-state index in [-0.39, 0.29) is 0 Å². The van der Waals surface area contributed by atoms with Crippen molar-refractivity contribution in [2.75, 3.05) is 0 Å². The summed E-state index contributed by atoms with van der Waals surface area (Å²) in [7, 11) is 1.17. The van der Waals surface area contributed by atoms with Crippen LogP contribution in [0.2, 0.25) is 0 Å². The standard InChI is InChI=1S/C6H12Br2Si/c1-2-3-4-5(9)6(7)8/h2-4H2,1,9H3. The zero-order valence-corrected chi connectivity index (χ0v) is 11.0. The van der Waals surface area contributed by atoms with E-state index in [0.29, 0.717) is 0 Å². The fourth-order valence-electron chi connectivity index (χ4n) is 0.536. The average Bonchev–Trinajstić information content (AvgIpc) is 1.82. The molecule has 0 N–H and O–H groups in total. The van der Waals surface area contributed by atoms with Gasteiger partial charge < -0.3 is 0 Å². The molecule has 3 heteroatoms. The van der Waals surface area contributed by atoms with Crippen LogP contribution < -0.4 is 0 Å². The molecule has 0 aliphatic rings. The molecule has 0 atom stereocenters. The molecule has 0 saturated heterocycles. The van der Waals surface area contributed by atoms with Gasteiger partial charge in [0.25, 0.3) is 0 Å². The molecule has 0 unspecified atom stereocenters. The Hall–Kier alpha value is 0.917. The zero-order chi connectivity index (χ0) is 7.28. The van der Waals surface area contributed by atoms with Gasteiger partial charge in [-0.3, -0.25) is 0 Å². The molecule has 0 rings (SSSR count). The minimum atomic E-state index is 1.17. The third kappa shape index (κ3) is 5.37. The maximum absolute atomic E-state index is 3.40. The van der Waals surface area contributed by atoms with Crippen LogP contribution in [0.3, 0.4) is 0 Å². The van der Waals surface area contributed by atoms with Crippen molar-refractivity contribution in [2.45, 2.75) is 26.2 Å². The first-order valence-corrected chi connectivity index (χ1v) is 5.77. The highest BCUT2D eigenvalue weighted by molar-refractivity contribution is 9.28. The van der Waals surface area contributed by atoms with Gasteiger partial charge in [-0.1, -0.05) is 25.0 Å². The van der Waals surface area contributed by atoms with Gasteiger partial charge in [-0.2, -0.15) is 0 Å². The van der Waals surface area contributed by atoms with E-state index in [2.05, 4.69) is 38.8 Å². The summed E-state index contributed by atoms with van der Waals surface area (Å²) in [6.45, 7) is 2.22. The summed E-state index contributed by atoms with van der Waals surface area (Å²) in [5.74, 6) is 0. The highest BCUT2D eigenvalue weighted by atomic mass is 79.9. The summed E-state index contributed by atoms with van der Waals surface area (Å²) in [5.41, 5.74) is 0. The molecule has 0 aliphatic heterocycles. The van der Waals surface area contributed by atoms with Gasteiger partial charge >= 0.3 is 0 Å². The lowest BCUT2D eigenvalue weighted by molar-refractivity contribution is 0.808. The summed E-state index contributed by atoms with van der Waals surface area (Å²) < 4.78 is 1.18. The van der Waals surface area contributed by atoms with E-state index in [1.54, 1.807) is 0 Å². The first kappa shape index (κ1) is 9.92. The van der Waals surface area contributed by atoms with Crippen LogP contribution in [-0.2, 0) is 0 Å². The van der Waals surface area contributed by atoms with Crippen molar-refractivity contribution in [2.24, 2.45) is 0 Å². The minimum absolute atomic E-state index is 1.17. The largest absolute Gasteiger partial charge is 0.0710 e. The van der Waals surface area contributed by atoms with Crippen LogP contribution in [0.1, 0.15) is 26.2 Å². The topological polar surface area (TPSA) is 0 Å². The molecule has 0 fully saturated rings. The molecule has 9 heavy (non-hydrogen) atoms. The second-order valence-corrected chi connectivity index (χ2v) is 6.00. The van der Waals surface area contributed by atoms with Gasteiger partial charge in [0, 0.05) is 10.2 Å². The van der Waals surface area contributed by atoms with Crippen LogP contribution in [0.5, 0.6) is 0 Å². The van der Waals surface area contributed by atoms with Crippen LogP contribution in [0, 0.1) is 0 Å². The van der Waals surface area contributed by atoms with Gasteiger partial charge in [-0.25, -0.2) is 0 Å². The van der Waals surface area contributed by atoms with E-state index in [1.165, 1.54) is 38.1 Å². The molecule has 0 heterocycles. The molecule has 0 aromatic carbocycles. The molecule has 0 radical (unpaired) electrons. The highest BCUT2D eigenvalue weighted by Crippen LogP contribution is 2.20. The normalized spacial score (nSPS) is 9.67. The maximum Gasteiger partial charge on any atom is 0.0547 e. The summed E-state index contributed by atoms with van der Waals surface area (Å²) >= 11 is 6.80. The number of allylic oxidation sites excluding steroid dienone is 1. The van der Waals surface area contributed by atoms with E-state index < -0.39 is 0 Å². The van der Waals surface area contributed by atoms with Gasteiger partial charge in [0.1, 0.15) is 0 Å². The van der Waals surface area contributed by atoms with Crippen molar-refractivity contribution < 1.29 is 0 Å². The van der Waals surface area contributed by atoms with Crippen LogP contribution >= 0.6 is 31.9 Å². The van der Waals surface area contributed by atoms with Crippen molar-refractivity contribution in [3.8, 4) is 0 Å². The Balaban J connectivity index is 3.50. The predicted molar refractivity (Wildman–Crippen MR) is 54.3 cm³/mol. The Kier molecular flexibility index (Phi) is 6.26. The summed E-state index contributed by atoms with van der Waals surface area (Å²) in [5, 5.41) is 1.54. The molecule has 0 aromatic rings. The quantitative estimate of drug-likeness (QED) is 0.692. The van der Waals surface area contributed by atoms with E-state index in [0.717, 1.165) is 0 Å². The maximum atomic E-state index is 3.40. The lowest BCUT2D eigenvalue weighted by Gasteiger charge is -1.97. The third-order valence-electron chi connectivity index (χ3n) is 1.23. The Labute approximate surface area is 76.8 Å². The first-order valence-electron chi connectivity index (χ1n) is 3.19. The smallest absolute Gasteiger partial charge is 0.0547 e. The van der Waals surface area contributed by atoms with Crippen molar-refractivity contribution in [3.63, 3.8) is 0 Å². The first-order chi connectivity index (χ1) is 4.18. The van der Waals surface area contributed by atoms with Gasteiger partial charge in [0.2, 0.25) is 0 Å². The SMILES string of the molecule is CCCCC([SiH3])=C(Br)Br. The van der Waals surface area contributed by atoms with E-state index in [9.17, 15) is 0 Å². The zero-order valence-electron chi connectivity index (χ0n) is 5.88. The Morgan fingerprint density at radius 1 is 1.44 bits per heavy atom. The fraction of sp³-hybridized carbons (Fsp3) is 0.667. The monoisotopic (exact) mass is 270 g/mol. The summed E-state index contributed by atoms with van der Waals surface area (Å²) in [4.78, 5) is 0. The minimum Gasteiger partial charge on any atom is -0.0710 e. The van der Waals surface area contributed by atoms with E-state index >= 15 is 0 Å². The highest BCUT2D eigenvalue weighted by Gasteiger charge is 1.92. The van der Waals surface area contributed by atoms with Crippen LogP contribution in [0.25, 0.3) is 0 Å². The molecule has 0 bridgehead atoms. The van der Waals surface area contributed by atoms with Gasteiger partial charge in [-0.15, -0.1) is 0 Å². The lowest BCUT2D eigenvalue weighted by Crippen LogP contribution is -1.81. The molecule has 0 aliphatic carbocycles. The number of unbranched alkanes of at least 4 members (excludes halogenated alkanes) is 1. The fourth-order valence-corrected chi connectivity index (χ4v) is 1.29. The van der Waals surface area contributed by atoms with Crippen LogP contribution in [-0.4, -0.2) is 10.2 Å². The molecule has 0 saturated carbocycles. The number of hydrogen-bond donors (Lipinski definition) is 0. The van der Waals surface area contributed by atoms with E-state index in [1.807, 2.05) is 0 Å². The van der Waals surface area contributed by atoms with Crippen molar-refractivity contribution in [1.82, 2.24) is 0 Å². The molecular weight excluding hydrogens is 260 g/mol. The van der Waals surface area contributed by atoms with E-state index in [4.69, 9.17) is 0 Å². The van der Waals surface area contributed by atoms with Crippen LogP contribution in [0.4, 0.5) is 0 Å². The number of rotatable bonds is 3. The number of halogens is 2. The summed E-state index contributed by atoms with van der Waals surface area (Å²) in [6, 6.07) is 0. The Morgan fingerprint density at radius 3 is 2.33 bits per heavy atom. The average molecular weight is 272 g/mol. The van der Waals surface area contributed by atoms with Crippen molar-refractivity contribution in [3.05, 3.63) is 8.59 Å². The third-order valence-corrected chi connectivity index (χ3v) is 5.05. The van der Waals surface area contributed by atoms with Gasteiger partial charge in [0.05, 0.1) is 3.39 Å². The molecule has 0 aromatic heterocycles. The lowest BCUT2D eigenvalue weighted by atomic mass is 10.2. The number of hydrogen-bond acceptors (Lipinski definition) is 0. The predicted octanol–water partition coefficient (Wildman–Crippen LogP) is 2.50. The molecular formula is C6H12Br2Si. The van der Waals surface area contributed by atoms with Crippen molar-refractivity contribution >= 4 is 42.1 Å². The molecule has 0 amide bonds. The summed E-state index contributed by atoms with van der Waals surface area (Å²) in [6.07, 6.45) is 3.87. The van der Waals surface area contributed by atoms with Crippen LogP contribution in [0.15, 0.2) is 8.59 Å². The molecule has 0 nitrogen and oxygen atoms in total. The Bertz CT molecular complexity index is 106.